The Bertz CT molecular complexity index is 1140. The van der Waals surface area contributed by atoms with E-state index in [0.717, 1.165) is 28.0 Å². The Hall–Kier alpha value is -3.09. The molecule has 0 bridgehead atoms. The summed E-state index contributed by atoms with van der Waals surface area (Å²) in [5, 5.41) is 0. The number of likely N-dealkylation sites (tertiary alicyclic amines) is 1. The summed E-state index contributed by atoms with van der Waals surface area (Å²) in [5.74, 6) is 1.72. The van der Waals surface area contributed by atoms with Gasteiger partial charge < -0.3 is 18.9 Å². The van der Waals surface area contributed by atoms with Crippen LogP contribution in [0.2, 0.25) is 0 Å². The lowest BCUT2D eigenvalue weighted by molar-refractivity contribution is -0.129. The third kappa shape index (κ3) is 3.80. The molecule has 1 saturated heterocycles. The number of nitrogens with zero attached hydrogens (tertiary/aromatic N) is 4. The molecular weight excluding hydrogens is 404 g/mol. The molecule has 168 valence electrons. The Balaban J connectivity index is 1.33. The van der Waals surface area contributed by atoms with E-state index >= 15 is 0 Å². The number of ether oxygens (including phenoxy) is 2. The molecule has 2 aliphatic rings. The minimum Gasteiger partial charge on any atom is -0.497 e. The zero-order valence-electron chi connectivity index (χ0n) is 19.1. The molecule has 2 aromatic heterocycles. The van der Waals surface area contributed by atoms with Gasteiger partial charge >= 0.3 is 0 Å². The highest BCUT2D eigenvalue weighted by Crippen LogP contribution is 2.40. The number of carbonyl (C=O) groups is 1. The van der Waals surface area contributed by atoms with Gasteiger partial charge in [0.05, 0.1) is 25.0 Å². The van der Waals surface area contributed by atoms with Crippen LogP contribution in [0.15, 0.2) is 36.7 Å². The van der Waals surface area contributed by atoms with Gasteiger partial charge in [-0.3, -0.25) is 4.79 Å². The second kappa shape index (κ2) is 8.11. The SMILES string of the molecule is COc1ccc([C@@H](C)N2C[C@H]([C@@H](C)Oc3nc(C)cc4ncn(C5CC5)c34)CC2=O)cc1. The van der Waals surface area contributed by atoms with Crippen LogP contribution in [0, 0.1) is 12.8 Å². The number of pyridine rings is 1. The number of amides is 1. The maximum atomic E-state index is 12.9. The van der Waals surface area contributed by atoms with E-state index in [2.05, 4.69) is 16.5 Å². The fraction of sp³-hybridized carbons (Fsp3) is 0.480. The zero-order chi connectivity index (χ0) is 22.4. The standard InChI is InChI=1S/C25H30N4O3/c1-15-11-22-24(29(14-26-22)20-7-8-20)25(27-15)32-17(3)19-12-23(30)28(13-19)16(2)18-5-9-21(31-4)10-6-18/h5-6,9-11,14,16-17,19-20H,7-8,12-13H2,1-4H3/t16-,17-,19-/m1/s1. The van der Waals surface area contributed by atoms with Crippen LogP contribution in [-0.2, 0) is 4.79 Å². The summed E-state index contributed by atoms with van der Waals surface area (Å²) in [6.45, 7) is 6.76. The smallest absolute Gasteiger partial charge is 0.240 e. The number of aryl methyl sites for hydroxylation is 1. The van der Waals surface area contributed by atoms with E-state index in [1.54, 1.807) is 7.11 Å². The summed E-state index contributed by atoms with van der Waals surface area (Å²) >= 11 is 0. The number of methoxy groups -OCH3 is 1. The summed E-state index contributed by atoms with van der Waals surface area (Å²) in [6, 6.07) is 10.4. The predicted octanol–water partition coefficient (Wildman–Crippen LogP) is 4.46. The molecule has 1 aliphatic heterocycles. The van der Waals surface area contributed by atoms with Gasteiger partial charge in [0.15, 0.2) is 0 Å². The fourth-order valence-corrected chi connectivity index (χ4v) is 4.64. The Kier molecular flexibility index (Phi) is 5.27. The van der Waals surface area contributed by atoms with Crippen LogP contribution in [0.4, 0.5) is 0 Å². The number of imidazole rings is 1. The van der Waals surface area contributed by atoms with Crippen molar-refractivity contribution in [1.82, 2.24) is 19.4 Å². The van der Waals surface area contributed by atoms with E-state index in [0.29, 0.717) is 24.9 Å². The second-order valence-electron chi connectivity index (χ2n) is 9.10. The number of carbonyl (C=O) groups excluding carboxylic acids is 1. The van der Waals surface area contributed by atoms with Crippen molar-refractivity contribution in [2.45, 2.75) is 58.2 Å². The van der Waals surface area contributed by atoms with Gasteiger partial charge in [0.1, 0.15) is 17.4 Å². The van der Waals surface area contributed by atoms with Gasteiger partial charge in [-0.05, 0) is 57.4 Å². The van der Waals surface area contributed by atoms with Crippen LogP contribution < -0.4 is 9.47 Å². The first-order valence-corrected chi connectivity index (χ1v) is 11.4. The molecule has 3 aromatic rings. The predicted molar refractivity (Wildman–Crippen MR) is 122 cm³/mol. The monoisotopic (exact) mass is 434 g/mol. The molecular formula is C25H30N4O3. The molecule has 0 N–H and O–H groups in total. The van der Waals surface area contributed by atoms with Gasteiger partial charge in [-0.25, -0.2) is 9.97 Å². The number of rotatable bonds is 7. The Morgan fingerprint density at radius 2 is 1.91 bits per heavy atom. The van der Waals surface area contributed by atoms with Crippen LogP contribution in [0.5, 0.6) is 11.6 Å². The molecule has 1 aromatic carbocycles. The third-order valence-corrected chi connectivity index (χ3v) is 6.80. The van der Waals surface area contributed by atoms with Gasteiger partial charge in [0, 0.05) is 30.6 Å². The summed E-state index contributed by atoms with van der Waals surface area (Å²) in [7, 11) is 1.66. The number of fused-ring (bicyclic) bond motifs is 1. The van der Waals surface area contributed by atoms with Gasteiger partial charge in [-0.2, -0.15) is 0 Å². The zero-order valence-corrected chi connectivity index (χ0v) is 19.1. The first kappa shape index (κ1) is 20.8. The van der Waals surface area contributed by atoms with E-state index in [-0.39, 0.29) is 24.0 Å². The highest BCUT2D eigenvalue weighted by molar-refractivity contribution is 5.81. The van der Waals surface area contributed by atoms with E-state index in [1.165, 1.54) is 12.8 Å². The van der Waals surface area contributed by atoms with E-state index < -0.39 is 0 Å². The molecule has 5 rings (SSSR count). The Morgan fingerprint density at radius 1 is 1.16 bits per heavy atom. The van der Waals surface area contributed by atoms with Gasteiger partial charge in [0.25, 0.3) is 0 Å². The van der Waals surface area contributed by atoms with Crippen LogP contribution >= 0.6 is 0 Å². The number of benzene rings is 1. The average Bonchev–Trinajstić information content (AvgIpc) is 3.42. The molecule has 0 radical (unpaired) electrons. The van der Waals surface area contributed by atoms with Crippen LogP contribution in [-0.4, -0.2) is 45.1 Å². The molecule has 3 atom stereocenters. The van der Waals surface area contributed by atoms with Crippen molar-refractivity contribution in [3.8, 4) is 11.6 Å². The van der Waals surface area contributed by atoms with Crippen molar-refractivity contribution in [3.05, 3.63) is 47.9 Å². The molecule has 7 nitrogen and oxygen atoms in total. The largest absolute Gasteiger partial charge is 0.497 e. The van der Waals surface area contributed by atoms with Crippen molar-refractivity contribution in [2.75, 3.05) is 13.7 Å². The fourth-order valence-electron chi connectivity index (χ4n) is 4.64. The second-order valence-corrected chi connectivity index (χ2v) is 9.10. The Morgan fingerprint density at radius 3 is 2.59 bits per heavy atom. The molecule has 2 fully saturated rings. The summed E-state index contributed by atoms with van der Waals surface area (Å²) in [6.07, 6.45) is 4.59. The van der Waals surface area contributed by atoms with Gasteiger partial charge in [-0.15, -0.1) is 0 Å². The number of aromatic nitrogens is 3. The normalized spacial score (nSPS) is 20.6. The first-order chi connectivity index (χ1) is 15.4. The van der Waals surface area contributed by atoms with Crippen molar-refractivity contribution in [3.63, 3.8) is 0 Å². The first-order valence-electron chi connectivity index (χ1n) is 11.4. The molecule has 1 saturated carbocycles. The molecule has 1 aliphatic carbocycles. The minimum atomic E-state index is -0.132. The molecule has 32 heavy (non-hydrogen) atoms. The van der Waals surface area contributed by atoms with E-state index in [4.69, 9.17) is 14.5 Å². The van der Waals surface area contributed by atoms with Crippen molar-refractivity contribution in [1.29, 1.82) is 0 Å². The maximum absolute atomic E-state index is 12.9. The molecule has 0 spiro atoms. The summed E-state index contributed by atoms with van der Waals surface area (Å²) < 4.78 is 13.9. The number of hydrogen-bond donors (Lipinski definition) is 0. The van der Waals surface area contributed by atoms with Gasteiger partial charge in [0.2, 0.25) is 11.8 Å². The minimum absolute atomic E-state index is 0.00528. The van der Waals surface area contributed by atoms with Gasteiger partial charge in [-0.1, -0.05) is 12.1 Å². The lowest BCUT2D eigenvalue weighted by atomic mass is 10.0. The van der Waals surface area contributed by atoms with Crippen LogP contribution in [0.25, 0.3) is 11.0 Å². The quantitative estimate of drug-likeness (QED) is 0.549. The van der Waals surface area contributed by atoms with Crippen molar-refractivity contribution >= 4 is 16.9 Å². The van der Waals surface area contributed by atoms with Crippen LogP contribution in [0.1, 0.15) is 56.5 Å². The molecule has 7 heteroatoms. The van der Waals surface area contributed by atoms with E-state index in [9.17, 15) is 4.79 Å². The number of hydrogen-bond acceptors (Lipinski definition) is 5. The topological polar surface area (TPSA) is 69.5 Å². The summed E-state index contributed by atoms with van der Waals surface area (Å²) in [5.41, 5.74) is 3.88. The van der Waals surface area contributed by atoms with E-state index in [1.807, 2.05) is 55.4 Å². The third-order valence-electron chi connectivity index (χ3n) is 6.80. The lowest BCUT2D eigenvalue weighted by Gasteiger charge is -2.26. The average molecular weight is 435 g/mol. The Labute approximate surface area is 188 Å². The summed E-state index contributed by atoms with van der Waals surface area (Å²) in [4.78, 5) is 24.1. The van der Waals surface area contributed by atoms with Crippen molar-refractivity contribution < 1.29 is 14.3 Å². The highest BCUT2D eigenvalue weighted by Gasteiger charge is 2.37. The molecule has 1 amide bonds. The highest BCUT2D eigenvalue weighted by atomic mass is 16.5. The molecule has 3 heterocycles. The van der Waals surface area contributed by atoms with Crippen LogP contribution in [0.3, 0.4) is 0 Å². The van der Waals surface area contributed by atoms with Crippen molar-refractivity contribution in [2.24, 2.45) is 5.92 Å². The maximum Gasteiger partial charge on any atom is 0.240 e. The lowest BCUT2D eigenvalue weighted by Crippen LogP contribution is -2.31. The molecule has 0 unspecified atom stereocenters.